The smallest absolute Gasteiger partial charge is 0.400 e. The fourth-order valence-electron chi connectivity index (χ4n) is 4.73. The number of carbonyl (C=O) groups excluding carboxylic acids is 1. The summed E-state index contributed by atoms with van der Waals surface area (Å²) in [5.74, 6) is 0.106. The fourth-order valence-corrected chi connectivity index (χ4v) is 4.93. The van der Waals surface area contributed by atoms with E-state index in [1.54, 1.807) is 25.4 Å². The first kappa shape index (κ1) is 23.9. The number of ether oxygens (including phenoxy) is 1. The van der Waals surface area contributed by atoms with Gasteiger partial charge in [-0.15, -0.1) is 5.10 Å². The highest BCUT2D eigenvalue weighted by atomic mass is 35.5. The van der Waals surface area contributed by atoms with Gasteiger partial charge in [0.15, 0.2) is 0 Å². The van der Waals surface area contributed by atoms with Crippen molar-refractivity contribution in [2.45, 2.75) is 38.5 Å². The highest BCUT2D eigenvalue weighted by Gasteiger charge is 2.22. The SMILES string of the molecule is CC=C(Oc1cccc2c1CCCC2)C(=O)On1cc(C(c2ccccc2)c2cccc(Cl)c2)cn1. The molecule has 0 fully saturated rings. The number of aryl methyl sites for hydroxylation is 1. The van der Waals surface area contributed by atoms with Crippen LogP contribution in [0.4, 0.5) is 0 Å². The quantitative estimate of drug-likeness (QED) is 0.214. The standard InChI is InChI=1S/C30H27ClN2O3/c1-2-27(35-28-17-9-13-21-10-6-7-16-26(21)28)30(34)36-33-20-24(19-32-33)29(22-11-4-3-5-12-22)23-14-8-15-25(31)18-23/h2-5,8-9,11-15,17-20,29H,6-7,10,16H2,1H3. The second-order valence-electron chi connectivity index (χ2n) is 8.81. The third kappa shape index (κ3) is 5.21. The molecule has 1 unspecified atom stereocenters. The van der Waals surface area contributed by atoms with E-state index in [1.807, 2.05) is 54.6 Å². The first-order valence-corrected chi connectivity index (χ1v) is 12.5. The largest absolute Gasteiger partial charge is 0.450 e. The fraction of sp³-hybridized carbons (Fsp3) is 0.200. The molecule has 5 rings (SSSR count). The van der Waals surface area contributed by atoms with Crippen molar-refractivity contribution >= 4 is 17.6 Å². The van der Waals surface area contributed by atoms with Crippen molar-refractivity contribution < 1.29 is 14.4 Å². The molecule has 182 valence electrons. The Balaban J connectivity index is 1.37. The lowest BCUT2D eigenvalue weighted by molar-refractivity contribution is -0.143. The molecule has 0 spiro atoms. The molecule has 3 aromatic carbocycles. The van der Waals surface area contributed by atoms with Gasteiger partial charge in [-0.1, -0.05) is 71.0 Å². The van der Waals surface area contributed by atoms with Gasteiger partial charge in [-0.25, -0.2) is 4.79 Å². The predicted octanol–water partition coefficient (Wildman–Crippen LogP) is 6.53. The van der Waals surface area contributed by atoms with Gasteiger partial charge in [0.05, 0.1) is 12.4 Å². The molecular formula is C30H27ClN2O3. The Morgan fingerprint density at radius 3 is 2.56 bits per heavy atom. The second-order valence-corrected chi connectivity index (χ2v) is 9.25. The summed E-state index contributed by atoms with van der Waals surface area (Å²) in [4.78, 5) is 19.7. The normalized spacial score (nSPS) is 14.1. The number of rotatable bonds is 7. The summed E-state index contributed by atoms with van der Waals surface area (Å²) < 4.78 is 6.03. The monoisotopic (exact) mass is 498 g/mol. The maximum absolute atomic E-state index is 13.0. The van der Waals surface area contributed by atoms with Crippen molar-refractivity contribution in [2.75, 3.05) is 0 Å². The zero-order valence-corrected chi connectivity index (χ0v) is 20.8. The minimum absolute atomic E-state index is 0.120. The Morgan fingerprint density at radius 1 is 0.972 bits per heavy atom. The van der Waals surface area contributed by atoms with Crippen LogP contribution in [0.25, 0.3) is 0 Å². The molecule has 0 radical (unpaired) electrons. The topological polar surface area (TPSA) is 53.4 Å². The van der Waals surface area contributed by atoms with E-state index in [-0.39, 0.29) is 11.7 Å². The van der Waals surface area contributed by atoms with E-state index in [4.69, 9.17) is 21.2 Å². The van der Waals surface area contributed by atoms with E-state index in [9.17, 15) is 4.79 Å². The van der Waals surface area contributed by atoms with Crippen LogP contribution in [-0.4, -0.2) is 15.9 Å². The summed E-state index contributed by atoms with van der Waals surface area (Å²) in [6.45, 7) is 1.76. The van der Waals surface area contributed by atoms with Crippen LogP contribution in [0.2, 0.25) is 5.02 Å². The predicted molar refractivity (Wildman–Crippen MR) is 140 cm³/mol. The Morgan fingerprint density at radius 2 is 1.75 bits per heavy atom. The Bertz CT molecular complexity index is 1390. The van der Waals surface area contributed by atoms with Crippen LogP contribution >= 0.6 is 11.6 Å². The number of aromatic nitrogens is 2. The van der Waals surface area contributed by atoms with Crippen molar-refractivity contribution in [3.63, 3.8) is 0 Å². The summed E-state index contributed by atoms with van der Waals surface area (Å²) in [7, 11) is 0. The van der Waals surface area contributed by atoms with Gasteiger partial charge in [-0.05, 0) is 79.1 Å². The van der Waals surface area contributed by atoms with Crippen LogP contribution in [0, 0.1) is 0 Å². The Hall–Kier alpha value is -3.83. The van der Waals surface area contributed by atoms with Gasteiger partial charge in [-0.2, -0.15) is 0 Å². The van der Waals surface area contributed by atoms with Crippen LogP contribution in [0.1, 0.15) is 53.5 Å². The van der Waals surface area contributed by atoms with Crippen molar-refractivity contribution in [1.82, 2.24) is 9.94 Å². The van der Waals surface area contributed by atoms with Gasteiger partial charge in [-0.3, -0.25) is 0 Å². The lowest BCUT2D eigenvalue weighted by Crippen LogP contribution is -2.24. The van der Waals surface area contributed by atoms with E-state index < -0.39 is 5.97 Å². The number of nitrogens with zero attached hydrogens (tertiary/aromatic N) is 2. The number of fused-ring (bicyclic) bond motifs is 1. The molecule has 4 aromatic rings. The zero-order chi connectivity index (χ0) is 24.9. The lowest BCUT2D eigenvalue weighted by Gasteiger charge is -2.19. The van der Waals surface area contributed by atoms with Gasteiger partial charge >= 0.3 is 5.97 Å². The first-order valence-electron chi connectivity index (χ1n) is 12.1. The molecule has 0 N–H and O–H groups in total. The maximum Gasteiger partial charge on any atom is 0.400 e. The minimum atomic E-state index is -0.612. The summed E-state index contributed by atoms with van der Waals surface area (Å²) in [6.07, 6.45) is 9.32. The molecule has 0 saturated heterocycles. The Labute approximate surface area is 215 Å². The minimum Gasteiger partial charge on any atom is -0.450 e. The van der Waals surface area contributed by atoms with Crippen LogP contribution in [0.3, 0.4) is 0 Å². The number of allylic oxidation sites excluding steroid dienone is 1. The van der Waals surface area contributed by atoms with Gasteiger partial charge in [0.25, 0.3) is 0 Å². The number of hydrogen-bond acceptors (Lipinski definition) is 4. The highest BCUT2D eigenvalue weighted by Crippen LogP contribution is 2.33. The molecule has 0 bridgehead atoms. The third-order valence-corrected chi connectivity index (χ3v) is 6.68. The summed E-state index contributed by atoms with van der Waals surface area (Å²) in [5, 5.41) is 4.96. The molecule has 1 heterocycles. The Kier molecular flexibility index (Phi) is 7.19. The molecule has 5 nitrogen and oxygen atoms in total. The molecule has 0 aliphatic heterocycles. The maximum atomic E-state index is 13.0. The van der Waals surface area contributed by atoms with Gasteiger partial charge < -0.3 is 9.57 Å². The van der Waals surface area contributed by atoms with Crippen LogP contribution in [0.5, 0.6) is 5.75 Å². The molecule has 6 heteroatoms. The molecule has 1 aliphatic carbocycles. The van der Waals surface area contributed by atoms with E-state index in [1.165, 1.54) is 22.4 Å². The van der Waals surface area contributed by atoms with Crippen molar-refractivity contribution in [2.24, 2.45) is 0 Å². The number of benzene rings is 3. The van der Waals surface area contributed by atoms with Gasteiger partial charge in [0, 0.05) is 16.5 Å². The first-order chi connectivity index (χ1) is 17.6. The lowest BCUT2D eigenvalue weighted by atomic mass is 9.87. The molecule has 1 aliphatic rings. The molecular weight excluding hydrogens is 472 g/mol. The van der Waals surface area contributed by atoms with E-state index in [0.29, 0.717) is 10.8 Å². The van der Waals surface area contributed by atoms with Gasteiger partial charge in [0.2, 0.25) is 5.76 Å². The van der Waals surface area contributed by atoms with Crippen molar-refractivity contribution in [3.8, 4) is 5.75 Å². The average Bonchev–Trinajstić information content (AvgIpc) is 3.35. The molecule has 36 heavy (non-hydrogen) atoms. The highest BCUT2D eigenvalue weighted by molar-refractivity contribution is 6.30. The number of halogens is 1. The van der Waals surface area contributed by atoms with Crippen molar-refractivity contribution in [3.05, 3.63) is 130 Å². The van der Waals surface area contributed by atoms with E-state index >= 15 is 0 Å². The van der Waals surface area contributed by atoms with E-state index in [2.05, 4.69) is 23.3 Å². The molecule has 0 amide bonds. The van der Waals surface area contributed by atoms with E-state index in [0.717, 1.165) is 36.0 Å². The van der Waals surface area contributed by atoms with Gasteiger partial charge in [0.1, 0.15) is 5.75 Å². The summed E-state index contributed by atoms with van der Waals surface area (Å²) >= 11 is 6.29. The zero-order valence-electron chi connectivity index (χ0n) is 20.1. The second kappa shape index (κ2) is 10.8. The van der Waals surface area contributed by atoms with Crippen LogP contribution in [-0.2, 0) is 17.6 Å². The third-order valence-electron chi connectivity index (χ3n) is 6.44. The number of hydrogen-bond donors (Lipinski definition) is 0. The molecule has 0 saturated carbocycles. The summed E-state index contributed by atoms with van der Waals surface area (Å²) in [6, 6.07) is 23.8. The van der Waals surface area contributed by atoms with Crippen LogP contribution in [0.15, 0.2) is 97.0 Å². The van der Waals surface area contributed by atoms with Crippen LogP contribution < -0.4 is 9.57 Å². The van der Waals surface area contributed by atoms with Crippen molar-refractivity contribution in [1.29, 1.82) is 0 Å². The molecule has 1 atom stereocenters. The average molecular weight is 499 g/mol. The number of carbonyl (C=O) groups is 1. The molecule has 1 aromatic heterocycles. The summed E-state index contributed by atoms with van der Waals surface area (Å²) in [5.41, 5.74) is 5.43.